The summed E-state index contributed by atoms with van der Waals surface area (Å²) in [7, 11) is 1.48. The molecule has 4 aromatic rings. The molecule has 0 radical (unpaired) electrons. The van der Waals surface area contributed by atoms with Gasteiger partial charge in [-0.05, 0) is 30.3 Å². The van der Waals surface area contributed by atoms with Gasteiger partial charge in [0.05, 0.1) is 18.4 Å². The zero-order valence-electron chi connectivity index (χ0n) is 15.7. The Hall–Kier alpha value is -3.24. The number of hydrogen-bond donors (Lipinski definition) is 1. The molecule has 0 unspecified atom stereocenters. The number of amides is 1. The van der Waals surface area contributed by atoms with E-state index in [-0.39, 0.29) is 22.3 Å². The van der Waals surface area contributed by atoms with Crippen LogP contribution in [0.3, 0.4) is 0 Å². The fourth-order valence-corrected chi connectivity index (χ4v) is 3.85. The fourth-order valence-electron chi connectivity index (χ4n) is 2.83. The van der Waals surface area contributed by atoms with E-state index in [0.29, 0.717) is 16.5 Å². The van der Waals surface area contributed by atoms with E-state index in [1.54, 1.807) is 35.8 Å². The Bertz CT molecular complexity index is 1270. The van der Waals surface area contributed by atoms with Crippen molar-refractivity contribution in [2.45, 2.75) is 6.18 Å². The van der Waals surface area contributed by atoms with Crippen LogP contribution in [0.25, 0.3) is 4.96 Å². The number of thiazole rings is 1. The first-order valence-electron chi connectivity index (χ1n) is 8.72. The van der Waals surface area contributed by atoms with Crippen LogP contribution in [0.2, 0.25) is 5.15 Å². The number of hydrogen-bond acceptors (Lipinski definition) is 5. The summed E-state index contributed by atoms with van der Waals surface area (Å²) in [5, 5.41) is 4.10. The van der Waals surface area contributed by atoms with Crippen LogP contribution in [0.1, 0.15) is 16.1 Å². The lowest BCUT2D eigenvalue weighted by Gasteiger charge is -2.15. The van der Waals surface area contributed by atoms with E-state index in [1.165, 1.54) is 22.8 Å². The number of nitrogens with one attached hydrogen (secondary N) is 1. The minimum atomic E-state index is -4.61. The zero-order chi connectivity index (χ0) is 22.2. The van der Waals surface area contributed by atoms with Gasteiger partial charge in [-0.15, -0.1) is 11.3 Å². The van der Waals surface area contributed by atoms with Crippen molar-refractivity contribution in [3.63, 3.8) is 0 Å². The number of carbonyl (C=O) groups excluding carboxylic acids is 1. The highest BCUT2D eigenvalue weighted by molar-refractivity contribution is 7.15. The molecule has 4 rings (SSSR count). The molecule has 2 aromatic heterocycles. The van der Waals surface area contributed by atoms with Gasteiger partial charge in [-0.2, -0.15) is 13.2 Å². The maximum atomic E-state index is 13.3. The number of rotatable bonds is 5. The second kappa shape index (κ2) is 8.12. The first kappa shape index (κ1) is 21.0. The third-order valence-electron chi connectivity index (χ3n) is 4.26. The van der Waals surface area contributed by atoms with Crippen molar-refractivity contribution >= 4 is 39.5 Å². The summed E-state index contributed by atoms with van der Waals surface area (Å²) in [6, 6.07) is 9.32. The van der Waals surface area contributed by atoms with Crippen LogP contribution >= 0.6 is 22.9 Å². The zero-order valence-corrected chi connectivity index (χ0v) is 17.3. The highest BCUT2D eigenvalue weighted by Gasteiger charge is 2.32. The van der Waals surface area contributed by atoms with E-state index in [0.717, 1.165) is 18.2 Å². The largest absolute Gasteiger partial charge is 0.497 e. The number of aromatic nitrogens is 2. The number of carbonyl (C=O) groups is 1. The molecular formula is C20H13ClF3N3O3S. The highest BCUT2D eigenvalue weighted by atomic mass is 35.5. The van der Waals surface area contributed by atoms with E-state index in [9.17, 15) is 18.0 Å². The molecule has 2 heterocycles. The Kier molecular flexibility index (Phi) is 5.50. The van der Waals surface area contributed by atoms with Crippen LogP contribution in [0.5, 0.6) is 17.2 Å². The maximum Gasteiger partial charge on any atom is 0.416 e. The van der Waals surface area contributed by atoms with E-state index < -0.39 is 17.6 Å². The van der Waals surface area contributed by atoms with Crippen molar-refractivity contribution in [3.05, 3.63) is 70.5 Å². The minimum absolute atomic E-state index is 0.00246. The van der Waals surface area contributed by atoms with Gasteiger partial charge in [-0.25, -0.2) is 4.98 Å². The van der Waals surface area contributed by atoms with Gasteiger partial charge in [0.1, 0.15) is 11.5 Å². The van der Waals surface area contributed by atoms with E-state index in [2.05, 4.69) is 10.3 Å². The molecule has 0 aliphatic carbocycles. The Morgan fingerprint density at radius 2 is 1.97 bits per heavy atom. The molecule has 0 aliphatic rings. The summed E-state index contributed by atoms with van der Waals surface area (Å²) in [5.74, 6) is 0.0978. The Labute approximate surface area is 182 Å². The third kappa shape index (κ3) is 4.30. The van der Waals surface area contributed by atoms with Crippen LogP contribution < -0.4 is 14.8 Å². The smallest absolute Gasteiger partial charge is 0.416 e. The average molecular weight is 468 g/mol. The number of nitrogens with zero attached hydrogens (tertiary/aromatic N) is 2. The SMILES string of the molecule is COc1cccc(Oc2ccc(C(F)(F)F)cc2NC(=O)c2c(Cl)nc3sccn23)c1. The summed E-state index contributed by atoms with van der Waals surface area (Å²) >= 11 is 7.33. The molecule has 160 valence electrons. The Balaban J connectivity index is 1.72. The molecule has 0 saturated carbocycles. The molecule has 31 heavy (non-hydrogen) atoms. The van der Waals surface area contributed by atoms with Crippen molar-refractivity contribution in [1.82, 2.24) is 9.38 Å². The number of fused-ring (bicyclic) bond motifs is 1. The first-order chi connectivity index (χ1) is 14.8. The predicted molar refractivity (Wildman–Crippen MR) is 111 cm³/mol. The van der Waals surface area contributed by atoms with Crippen molar-refractivity contribution < 1.29 is 27.4 Å². The number of anilines is 1. The maximum absolute atomic E-state index is 13.3. The Morgan fingerprint density at radius 3 is 2.71 bits per heavy atom. The van der Waals surface area contributed by atoms with Gasteiger partial charge in [0.25, 0.3) is 5.91 Å². The lowest BCUT2D eigenvalue weighted by molar-refractivity contribution is -0.137. The van der Waals surface area contributed by atoms with Crippen LogP contribution in [-0.2, 0) is 6.18 Å². The third-order valence-corrected chi connectivity index (χ3v) is 5.28. The quantitative estimate of drug-likeness (QED) is 0.384. The molecule has 6 nitrogen and oxygen atoms in total. The second-order valence-electron chi connectivity index (χ2n) is 6.25. The summed E-state index contributed by atoms with van der Waals surface area (Å²) in [5.41, 5.74) is -1.12. The molecular weight excluding hydrogens is 455 g/mol. The molecule has 0 bridgehead atoms. The Morgan fingerprint density at radius 1 is 1.19 bits per heavy atom. The standard InChI is InChI=1S/C20H13ClF3N3O3S/c1-29-12-3-2-4-13(10-12)30-15-6-5-11(20(22,23)24)9-14(15)25-18(28)16-17(21)26-19-27(16)7-8-31-19/h2-10H,1H3,(H,25,28). The van der Waals surface area contributed by atoms with Crippen LogP contribution in [-0.4, -0.2) is 22.4 Å². The predicted octanol–water partition coefficient (Wildman–Crippen LogP) is 6.12. The molecule has 1 N–H and O–H groups in total. The van der Waals surface area contributed by atoms with Gasteiger partial charge in [0.15, 0.2) is 21.6 Å². The summed E-state index contributed by atoms with van der Waals surface area (Å²) in [6.07, 6.45) is -3.02. The van der Waals surface area contributed by atoms with Crippen molar-refractivity contribution in [1.29, 1.82) is 0 Å². The average Bonchev–Trinajstić information content (AvgIpc) is 3.28. The second-order valence-corrected chi connectivity index (χ2v) is 7.48. The lowest BCUT2D eigenvalue weighted by Crippen LogP contribution is -2.16. The monoisotopic (exact) mass is 467 g/mol. The summed E-state index contributed by atoms with van der Waals surface area (Å²) in [4.78, 5) is 17.4. The van der Waals surface area contributed by atoms with Crippen LogP contribution in [0, 0.1) is 0 Å². The van der Waals surface area contributed by atoms with Gasteiger partial charge < -0.3 is 14.8 Å². The van der Waals surface area contributed by atoms with Gasteiger partial charge in [0, 0.05) is 17.6 Å². The molecule has 0 atom stereocenters. The van der Waals surface area contributed by atoms with Crippen molar-refractivity contribution in [2.24, 2.45) is 0 Å². The number of ether oxygens (including phenoxy) is 2. The molecule has 0 fully saturated rings. The number of benzene rings is 2. The topological polar surface area (TPSA) is 64.9 Å². The van der Waals surface area contributed by atoms with Gasteiger partial charge in [-0.1, -0.05) is 17.7 Å². The van der Waals surface area contributed by atoms with Crippen molar-refractivity contribution in [2.75, 3.05) is 12.4 Å². The first-order valence-corrected chi connectivity index (χ1v) is 9.97. The van der Waals surface area contributed by atoms with E-state index in [1.807, 2.05) is 0 Å². The minimum Gasteiger partial charge on any atom is -0.497 e. The molecule has 11 heteroatoms. The van der Waals surface area contributed by atoms with Gasteiger partial charge in [0.2, 0.25) is 0 Å². The highest BCUT2D eigenvalue weighted by Crippen LogP contribution is 2.38. The van der Waals surface area contributed by atoms with Gasteiger partial charge >= 0.3 is 6.18 Å². The molecule has 2 aromatic carbocycles. The number of imidazole rings is 1. The van der Waals surface area contributed by atoms with Crippen LogP contribution in [0.4, 0.5) is 18.9 Å². The number of alkyl halides is 3. The van der Waals surface area contributed by atoms with Crippen LogP contribution in [0.15, 0.2) is 54.0 Å². The van der Waals surface area contributed by atoms with Crippen molar-refractivity contribution in [3.8, 4) is 17.2 Å². The van der Waals surface area contributed by atoms with E-state index in [4.69, 9.17) is 21.1 Å². The normalized spacial score (nSPS) is 11.5. The molecule has 1 amide bonds. The molecule has 0 spiro atoms. The lowest BCUT2D eigenvalue weighted by atomic mass is 10.1. The molecule has 0 aliphatic heterocycles. The fraction of sp³-hybridized carbons (Fsp3) is 0.100. The summed E-state index contributed by atoms with van der Waals surface area (Å²) < 4.78 is 52.1. The van der Waals surface area contributed by atoms with E-state index >= 15 is 0 Å². The van der Waals surface area contributed by atoms with Gasteiger partial charge in [-0.3, -0.25) is 9.20 Å². The molecule has 0 saturated heterocycles. The number of halogens is 4. The number of methoxy groups -OCH3 is 1. The summed E-state index contributed by atoms with van der Waals surface area (Å²) in [6.45, 7) is 0.